The van der Waals surface area contributed by atoms with Crippen molar-refractivity contribution >= 4 is 40.7 Å². The third-order valence-corrected chi connectivity index (χ3v) is 8.20. The Bertz CT molecular complexity index is 1210. The molecule has 3 aliphatic heterocycles. The summed E-state index contributed by atoms with van der Waals surface area (Å²) in [7, 11) is 0. The highest BCUT2D eigenvalue weighted by atomic mass is 35.5. The highest BCUT2D eigenvalue weighted by Gasteiger charge is 2.74. The van der Waals surface area contributed by atoms with Crippen molar-refractivity contribution in [1.29, 1.82) is 0 Å². The summed E-state index contributed by atoms with van der Waals surface area (Å²) < 4.78 is 11.9. The van der Waals surface area contributed by atoms with Crippen molar-refractivity contribution in [1.82, 2.24) is 4.90 Å². The number of nitrogens with one attached hydrogen (secondary N) is 2. The molecule has 2 bridgehead atoms. The van der Waals surface area contributed by atoms with Gasteiger partial charge in [-0.2, -0.15) is 0 Å². The molecule has 5 atom stereocenters. The number of fused-ring (bicyclic) bond motifs is 1. The van der Waals surface area contributed by atoms with Gasteiger partial charge in [0, 0.05) is 29.5 Å². The second kappa shape index (κ2) is 11.5. The first-order chi connectivity index (χ1) is 18.9. The van der Waals surface area contributed by atoms with Gasteiger partial charge in [0.1, 0.15) is 17.4 Å². The molecule has 1 spiro atoms. The Kier molecular flexibility index (Phi) is 8.11. The van der Waals surface area contributed by atoms with Crippen LogP contribution in [0.3, 0.4) is 0 Å². The number of unbranched alkanes of at least 4 members (excludes halogenated alkanes) is 2. The summed E-state index contributed by atoms with van der Waals surface area (Å²) in [5.74, 6) is -1.62. The van der Waals surface area contributed by atoms with E-state index in [2.05, 4.69) is 10.6 Å². The van der Waals surface area contributed by atoms with Crippen LogP contribution in [0.15, 0.2) is 48.5 Å². The summed E-state index contributed by atoms with van der Waals surface area (Å²) in [5.41, 5.74) is 0.0914. The molecule has 2 unspecified atom stereocenters. The Labute approximate surface area is 232 Å². The van der Waals surface area contributed by atoms with Crippen LogP contribution >= 0.6 is 11.6 Å². The van der Waals surface area contributed by atoms with Crippen molar-refractivity contribution in [3.05, 3.63) is 53.6 Å². The molecule has 3 amide bonds. The fourth-order valence-corrected chi connectivity index (χ4v) is 6.46. The predicted octanol–water partition coefficient (Wildman–Crippen LogP) is 3.85. The van der Waals surface area contributed by atoms with Gasteiger partial charge in [0.15, 0.2) is 0 Å². The van der Waals surface area contributed by atoms with Crippen molar-refractivity contribution < 1.29 is 29.0 Å². The standard InChI is InChI=1S/C29H34ClN3O6/c1-2-38-21-12-10-20(11-13-21)31-26(35)23-22-14-15-29(39-22)24(23)28(37)33(16-4-3-5-17-34)25(29)27(36)32-19-8-6-18(30)7-9-19/h6-13,22-25,34H,2-5,14-17H2,1H3,(H,31,35)(H,32,36)/t22-,23+,24-,25?,29?/m0/s1. The number of rotatable bonds is 11. The van der Waals surface area contributed by atoms with E-state index in [1.165, 1.54) is 0 Å². The van der Waals surface area contributed by atoms with Crippen molar-refractivity contribution in [3.63, 3.8) is 0 Å². The van der Waals surface area contributed by atoms with Crippen molar-refractivity contribution in [2.75, 3.05) is 30.4 Å². The maximum Gasteiger partial charge on any atom is 0.250 e. The van der Waals surface area contributed by atoms with Gasteiger partial charge in [-0.1, -0.05) is 11.6 Å². The summed E-state index contributed by atoms with van der Waals surface area (Å²) in [6.45, 7) is 2.86. The van der Waals surface area contributed by atoms with Crippen LogP contribution in [0, 0.1) is 11.8 Å². The second-order valence-corrected chi connectivity index (χ2v) is 10.8. The first-order valence-corrected chi connectivity index (χ1v) is 13.9. The lowest BCUT2D eigenvalue weighted by molar-refractivity contribution is -0.139. The van der Waals surface area contributed by atoms with Gasteiger partial charge >= 0.3 is 0 Å². The molecule has 3 heterocycles. The van der Waals surface area contributed by atoms with E-state index in [-0.39, 0.29) is 24.3 Å². The van der Waals surface area contributed by atoms with Crippen LogP contribution in [0.1, 0.15) is 39.0 Å². The Morgan fingerprint density at radius 2 is 1.72 bits per heavy atom. The van der Waals surface area contributed by atoms with Crippen LogP contribution in [-0.2, 0) is 19.1 Å². The normalized spacial score (nSPS) is 26.9. The molecule has 2 aromatic rings. The molecule has 0 aliphatic carbocycles. The molecule has 208 valence electrons. The van der Waals surface area contributed by atoms with Crippen molar-refractivity contribution in [3.8, 4) is 5.75 Å². The second-order valence-electron chi connectivity index (χ2n) is 10.3. The number of hydrogen-bond donors (Lipinski definition) is 3. The minimum absolute atomic E-state index is 0.0690. The fraction of sp³-hybridized carbons (Fsp3) is 0.483. The Balaban J connectivity index is 1.39. The molecule has 9 nitrogen and oxygen atoms in total. The van der Waals surface area contributed by atoms with Crippen LogP contribution in [0.5, 0.6) is 5.75 Å². The van der Waals surface area contributed by atoms with Gasteiger partial charge in [-0.25, -0.2) is 0 Å². The maximum atomic E-state index is 13.9. The topological polar surface area (TPSA) is 117 Å². The zero-order chi connectivity index (χ0) is 27.6. The smallest absolute Gasteiger partial charge is 0.250 e. The monoisotopic (exact) mass is 555 g/mol. The number of nitrogens with zero attached hydrogens (tertiary/aromatic N) is 1. The zero-order valence-electron chi connectivity index (χ0n) is 21.9. The molecular formula is C29H34ClN3O6. The van der Waals surface area contributed by atoms with E-state index >= 15 is 0 Å². The number of hydrogen-bond acceptors (Lipinski definition) is 6. The fourth-order valence-electron chi connectivity index (χ4n) is 6.34. The lowest BCUT2D eigenvalue weighted by Gasteiger charge is -2.33. The number of aliphatic hydroxyl groups is 1. The van der Waals surface area contributed by atoms with Gasteiger partial charge in [0.25, 0.3) is 0 Å². The van der Waals surface area contributed by atoms with E-state index in [1.807, 2.05) is 6.92 Å². The predicted molar refractivity (Wildman–Crippen MR) is 147 cm³/mol. The molecule has 0 radical (unpaired) electrons. The van der Waals surface area contributed by atoms with Crippen LogP contribution in [0.2, 0.25) is 5.02 Å². The number of ether oxygens (including phenoxy) is 2. The molecule has 3 saturated heterocycles. The Hall–Kier alpha value is -3.14. The Morgan fingerprint density at radius 3 is 2.38 bits per heavy atom. The number of carbonyl (C=O) groups excluding carboxylic acids is 3. The number of carbonyl (C=O) groups is 3. The number of amides is 3. The van der Waals surface area contributed by atoms with E-state index in [9.17, 15) is 19.5 Å². The largest absolute Gasteiger partial charge is 0.494 e. The first kappa shape index (κ1) is 27.4. The van der Waals surface area contributed by atoms with E-state index in [4.69, 9.17) is 21.1 Å². The van der Waals surface area contributed by atoms with Crippen molar-refractivity contribution in [2.45, 2.75) is 56.8 Å². The summed E-state index contributed by atoms with van der Waals surface area (Å²) in [6.07, 6.45) is 2.63. The highest BCUT2D eigenvalue weighted by Crippen LogP contribution is 2.58. The number of halogens is 1. The summed E-state index contributed by atoms with van der Waals surface area (Å²) in [4.78, 5) is 42.8. The first-order valence-electron chi connectivity index (χ1n) is 13.6. The summed E-state index contributed by atoms with van der Waals surface area (Å²) >= 11 is 6.00. The van der Waals surface area contributed by atoms with Gasteiger partial charge in [0.2, 0.25) is 17.7 Å². The summed E-state index contributed by atoms with van der Waals surface area (Å²) in [6, 6.07) is 13.0. The van der Waals surface area contributed by atoms with Gasteiger partial charge < -0.3 is 30.1 Å². The van der Waals surface area contributed by atoms with E-state index in [0.717, 1.165) is 0 Å². The van der Waals surface area contributed by atoms with Crippen LogP contribution in [-0.4, -0.2) is 65.2 Å². The van der Waals surface area contributed by atoms with Crippen molar-refractivity contribution in [2.24, 2.45) is 11.8 Å². The third kappa shape index (κ3) is 5.23. The quantitative estimate of drug-likeness (QED) is 0.363. The SMILES string of the molecule is CCOc1ccc(NC(=O)[C@@H]2[C@@H]3CCC4(O3)C(C(=O)Nc3ccc(Cl)cc3)N(CCCCCO)C(=O)[C@H]24)cc1. The van der Waals surface area contributed by atoms with Gasteiger partial charge in [-0.15, -0.1) is 0 Å². The van der Waals surface area contributed by atoms with Crippen LogP contribution in [0.4, 0.5) is 11.4 Å². The average molecular weight is 556 g/mol. The molecule has 2 aromatic carbocycles. The minimum Gasteiger partial charge on any atom is -0.494 e. The van der Waals surface area contributed by atoms with Gasteiger partial charge in [0.05, 0.1) is 24.5 Å². The minimum atomic E-state index is -1.07. The van der Waals surface area contributed by atoms with E-state index in [0.29, 0.717) is 67.4 Å². The molecule has 10 heteroatoms. The molecule has 3 N–H and O–H groups in total. The molecule has 3 aliphatic rings. The van der Waals surface area contributed by atoms with Crippen LogP contribution in [0.25, 0.3) is 0 Å². The van der Waals surface area contributed by atoms with E-state index < -0.39 is 29.6 Å². The lowest BCUT2D eigenvalue weighted by atomic mass is 9.70. The Morgan fingerprint density at radius 1 is 1.05 bits per heavy atom. The van der Waals surface area contributed by atoms with E-state index in [1.54, 1.807) is 53.4 Å². The number of anilines is 2. The molecule has 5 rings (SSSR count). The zero-order valence-corrected chi connectivity index (χ0v) is 22.7. The molecule has 0 aromatic heterocycles. The maximum absolute atomic E-state index is 13.9. The lowest BCUT2D eigenvalue weighted by Crippen LogP contribution is -2.53. The molecule has 3 fully saturated rings. The van der Waals surface area contributed by atoms with Gasteiger partial charge in [-0.05, 0) is 87.6 Å². The van der Waals surface area contributed by atoms with Gasteiger partial charge in [-0.3, -0.25) is 14.4 Å². The summed E-state index contributed by atoms with van der Waals surface area (Å²) in [5, 5.41) is 15.6. The average Bonchev–Trinajstić information content (AvgIpc) is 3.56. The van der Waals surface area contributed by atoms with Crippen LogP contribution < -0.4 is 15.4 Å². The third-order valence-electron chi connectivity index (χ3n) is 7.95. The molecular weight excluding hydrogens is 522 g/mol. The molecule has 0 saturated carbocycles. The number of likely N-dealkylation sites (tertiary alicyclic amines) is 1. The number of aliphatic hydroxyl groups excluding tert-OH is 1. The molecule has 39 heavy (non-hydrogen) atoms. The number of benzene rings is 2. The highest BCUT2D eigenvalue weighted by molar-refractivity contribution is 6.30.